The third kappa shape index (κ3) is 38.3. The van der Waals surface area contributed by atoms with Crippen molar-refractivity contribution >= 4 is 17.9 Å². The van der Waals surface area contributed by atoms with Gasteiger partial charge in [-0.1, -0.05) is 159 Å². The summed E-state index contributed by atoms with van der Waals surface area (Å²) in [7, 11) is 0. The predicted molar refractivity (Wildman–Crippen MR) is 219 cm³/mol. The minimum absolute atomic E-state index is 0.0867. The van der Waals surface area contributed by atoms with Crippen molar-refractivity contribution in [3.63, 3.8) is 0 Å². The van der Waals surface area contributed by atoms with E-state index in [4.69, 9.17) is 14.2 Å². The second-order valence-corrected chi connectivity index (χ2v) is 13.9. The highest BCUT2D eigenvalue weighted by molar-refractivity contribution is 5.71. The molecule has 0 aliphatic rings. The van der Waals surface area contributed by atoms with Gasteiger partial charge in [-0.15, -0.1) is 0 Å². The normalized spacial score (nSPS) is 12.6. The van der Waals surface area contributed by atoms with E-state index in [1.807, 2.05) is 0 Å². The van der Waals surface area contributed by atoms with Gasteiger partial charge in [0.2, 0.25) is 0 Å². The molecule has 0 saturated carbocycles. The van der Waals surface area contributed by atoms with Crippen LogP contribution >= 0.6 is 0 Å². The maximum absolute atomic E-state index is 12.6. The molecule has 0 spiro atoms. The second kappa shape index (κ2) is 40.9. The molecule has 0 radical (unpaired) electrons. The lowest BCUT2D eigenvalue weighted by molar-refractivity contribution is -0.167. The molecule has 6 heteroatoms. The van der Waals surface area contributed by atoms with Crippen LogP contribution in [0.5, 0.6) is 0 Å². The first kappa shape index (κ1) is 49.1. The largest absolute Gasteiger partial charge is 0.462 e. The lowest BCUT2D eigenvalue weighted by atomic mass is 10.1. The fraction of sp³-hybridized carbons (Fsp3) is 0.717. The van der Waals surface area contributed by atoms with E-state index in [0.29, 0.717) is 19.3 Å². The molecule has 0 aromatic rings. The molecule has 0 heterocycles. The zero-order chi connectivity index (χ0) is 38.0. The summed E-state index contributed by atoms with van der Waals surface area (Å²) in [6, 6.07) is 0. The maximum Gasteiger partial charge on any atom is 0.306 e. The minimum Gasteiger partial charge on any atom is -0.462 e. The Bertz CT molecular complexity index is 975. The van der Waals surface area contributed by atoms with Gasteiger partial charge in [0.05, 0.1) is 0 Å². The maximum atomic E-state index is 12.6. The van der Waals surface area contributed by atoms with Crippen molar-refractivity contribution in [1.29, 1.82) is 0 Å². The third-order valence-electron chi connectivity index (χ3n) is 8.74. The fourth-order valence-electron chi connectivity index (χ4n) is 5.55. The molecule has 0 aromatic heterocycles. The smallest absolute Gasteiger partial charge is 0.306 e. The van der Waals surface area contributed by atoms with Crippen LogP contribution in [0, 0.1) is 0 Å². The SMILES string of the molecule is CC/C=C\C/C=C\C/C=C\CCCCCCCC(=O)OCC(COC(=O)CCCCCCCC)OC(=O)CCCCCCC/C=C\C/C=C\CCC. The van der Waals surface area contributed by atoms with Gasteiger partial charge in [-0.25, -0.2) is 0 Å². The summed E-state index contributed by atoms with van der Waals surface area (Å²) in [5.74, 6) is -0.935. The second-order valence-electron chi connectivity index (χ2n) is 13.9. The van der Waals surface area contributed by atoms with Crippen molar-refractivity contribution in [2.75, 3.05) is 13.2 Å². The van der Waals surface area contributed by atoms with Gasteiger partial charge in [0.1, 0.15) is 13.2 Å². The van der Waals surface area contributed by atoms with Crippen molar-refractivity contribution in [2.45, 2.75) is 200 Å². The van der Waals surface area contributed by atoms with Gasteiger partial charge in [0.25, 0.3) is 0 Å². The molecule has 0 rings (SSSR count). The van der Waals surface area contributed by atoms with E-state index in [-0.39, 0.29) is 31.1 Å². The van der Waals surface area contributed by atoms with Crippen molar-refractivity contribution in [3.05, 3.63) is 60.8 Å². The molecule has 0 N–H and O–H groups in total. The van der Waals surface area contributed by atoms with Gasteiger partial charge in [-0.05, 0) is 77.0 Å². The Hall–Kier alpha value is -2.89. The number of rotatable bonds is 37. The lowest BCUT2D eigenvalue weighted by Crippen LogP contribution is -2.30. The van der Waals surface area contributed by atoms with E-state index in [2.05, 4.69) is 81.5 Å². The third-order valence-corrected chi connectivity index (χ3v) is 8.74. The number of hydrogen-bond donors (Lipinski definition) is 0. The summed E-state index contributed by atoms with van der Waals surface area (Å²) < 4.78 is 16.6. The van der Waals surface area contributed by atoms with Gasteiger partial charge in [-0.3, -0.25) is 14.4 Å². The van der Waals surface area contributed by atoms with Gasteiger partial charge in [0.15, 0.2) is 6.10 Å². The van der Waals surface area contributed by atoms with Crippen molar-refractivity contribution in [3.8, 4) is 0 Å². The zero-order valence-corrected chi connectivity index (χ0v) is 33.8. The van der Waals surface area contributed by atoms with Gasteiger partial charge < -0.3 is 14.2 Å². The molecular formula is C46H78O6. The van der Waals surface area contributed by atoms with E-state index in [9.17, 15) is 14.4 Å². The molecule has 0 aliphatic heterocycles. The molecule has 0 bridgehead atoms. The van der Waals surface area contributed by atoms with Crippen molar-refractivity contribution < 1.29 is 28.6 Å². The molecule has 0 aromatic carbocycles. The Balaban J connectivity index is 4.35. The summed E-state index contributed by atoms with van der Waals surface area (Å²) >= 11 is 0. The van der Waals surface area contributed by atoms with Crippen LogP contribution in [0.15, 0.2) is 60.8 Å². The molecule has 0 fully saturated rings. The Morgan fingerprint density at radius 2 is 0.788 bits per heavy atom. The average molecular weight is 727 g/mol. The first-order valence-corrected chi connectivity index (χ1v) is 21.3. The minimum atomic E-state index is -0.782. The van der Waals surface area contributed by atoms with Crippen LogP contribution in [0.3, 0.4) is 0 Å². The Kier molecular flexibility index (Phi) is 38.6. The van der Waals surface area contributed by atoms with E-state index < -0.39 is 6.10 Å². The molecule has 298 valence electrons. The number of carbonyl (C=O) groups is 3. The van der Waals surface area contributed by atoms with Crippen LogP contribution in [0.4, 0.5) is 0 Å². The van der Waals surface area contributed by atoms with Crippen LogP contribution < -0.4 is 0 Å². The number of esters is 3. The molecule has 0 aliphatic carbocycles. The van der Waals surface area contributed by atoms with Crippen LogP contribution in [0.25, 0.3) is 0 Å². The number of allylic oxidation sites excluding steroid dienone is 10. The van der Waals surface area contributed by atoms with Crippen molar-refractivity contribution in [1.82, 2.24) is 0 Å². The summed E-state index contributed by atoms with van der Waals surface area (Å²) in [6.07, 6.45) is 47.9. The molecule has 52 heavy (non-hydrogen) atoms. The molecular weight excluding hydrogens is 648 g/mol. The monoisotopic (exact) mass is 727 g/mol. The summed E-state index contributed by atoms with van der Waals surface area (Å²) in [5, 5.41) is 0. The van der Waals surface area contributed by atoms with E-state index in [0.717, 1.165) is 128 Å². The highest BCUT2D eigenvalue weighted by Crippen LogP contribution is 2.12. The van der Waals surface area contributed by atoms with E-state index in [1.165, 1.54) is 25.7 Å². The zero-order valence-electron chi connectivity index (χ0n) is 33.8. The highest BCUT2D eigenvalue weighted by Gasteiger charge is 2.19. The molecule has 6 nitrogen and oxygen atoms in total. The van der Waals surface area contributed by atoms with Crippen LogP contribution in [0.1, 0.15) is 194 Å². The summed E-state index contributed by atoms with van der Waals surface area (Å²) in [5.41, 5.74) is 0. The number of unbranched alkanes of at least 4 members (excludes halogenated alkanes) is 16. The van der Waals surface area contributed by atoms with E-state index >= 15 is 0 Å². The Morgan fingerprint density at radius 1 is 0.404 bits per heavy atom. The molecule has 0 saturated heterocycles. The van der Waals surface area contributed by atoms with Gasteiger partial charge >= 0.3 is 17.9 Å². The lowest BCUT2D eigenvalue weighted by Gasteiger charge is -2.18. The summed E-state index contributed by atoms with van der Waals surface area (Å²) in [6.45, 7) is 6.35. The van der Waals surface area contributed by atoms with E-state index in [1.54, 1.807) is 0 Å². The van der Waals surface area contributed by atoms with Gasteiger partial charge in [-0.2, -0.15) is 0 Å². The summed E-state index contributed by atoms with van der Waals surface area (Å²) in [4.78, 5) is 37.5. The molecule has 1 unspecified atom stereocenters. The van der Waals surface area contributed by atoms with Crippen molar-refractivity contribution in [2.24, 2.45) is 0 Å². The van der Waals surface area contributed by atoms with Gasteiger partial charge in [0, 0.05) is 19.3 Å². The predicted octanol–water partition coefficient (Wildman–Crippen LogP) is 13.4. The first-order valence-electron chi connectivity index (χ1n) is 21.3. The Morgan fingerprint density at radius 3 is 1.25 bits per heavy atom. The van der Waals surface area contributed by atoms with Crippen LogP contribution in [-0.4, -0.2) is 37.2 Å². The standard InChI is InChI=1S/C46H78O6/c1-4-7-10-13-16-18-20-22-23-25-26-28-30-33-36-39-45(48)51-42-43(41-50-44(47)38-35-32-15-12-9-6-3)52-46(49)40-37-34-31-29-27-24-21-19-17-14-11-8-5-2/h7,10-11,14,16,18-19,21-23,43H,4-6,8-9,12-13,15,17,20,24-42H2,1-3H3/b10-7-,14-11-,18-16-,21-19-,23-22-. The highest BCUT2D eigenvalue weighted by atomic mass is 16.6. The number of ether oxygens (including phenoxy) is 3. The fourth-order valence-corrected chi connectivity index (χ4v) is 5.55. The topological polar surface area (TPSA) is 78.9 Å². The first-order chi connectivity index (χ1) is 25.5. The number of carbonyl (C=O) groups excluding carboxylic acids is 3. The molecule has 0 amide bonds. The van der Waals surface area contributed by atoms with Crippen LogP contribution in [0.2, 0.25) is 0 Å². The quantitative estimate of drug-likeness (QED) is 0.0274. The Labute approximate surface area is 320 Å². The number of hydrogen-bond acceptors (Lipinski definition) is 6. The average Bonchev–Trinajstić information content (AvgIpc) is 3.14. The van der Waals surface area contributed by atoms with Crippen LogP contribution in [-0.2, 0) is 28.6 Å². The molecule has 1 atom stereocenters.